The molecule has 2 atom stereocenters. The number of halogens is 2. The Bertz CT molecular complexity index is 575. The van der Waals surface area contributed by atoms with E-state index in [2.05, 4.69) is 5.32 Å². The van der Waals surface area contributed by atoms with Gasteiger partial charge in [0, 0.05) is 12.5 Å². The molecule has 1 heterocycles. The molecule has 1 saturated heterocycles. The number of rotatable bonds is 4. The third-order valence-electron chi connectivity index (χ3n) is 4.52. The van der Waals surface area contributed by atoms with Crippen molar-refractivity contribution in [3.8, 4) is 0 Å². The number of benzene rings is 1. The van der Waals surface area contributed by atoms with Crippen LogP contribution in [-0.4, -0.2) is 34.7 Å². The minimum absolute atomic E-state index is 0.180. The van der Waals surface area contributed by atoms with E-state index < -0.39 is 17.2 Å². The average molecular weight is 327 g/mol. The van der Waals surface area contributed by atoms with Gasteiger partial charge in [-0.15, -0.1) is 0 Å². The SMILES string of the molecule is O=C(NCC1(O)CCSCC1)C1CC1c1cccc(F)c1F. The Morgan fingerprint density at radius 1 is 1.36 bits per heavy atom. The van der Waals surface area contributed by atoms with Gasteiger partial charge < -0.3 is 10.4 Å². The van der Waals surface area contributed by atoms with E-state index in [1.807, 2.05) is 0 Å². The predicted octanol–water partition coefficient (Wildman–Crippen LogP) is 2.44. The first-order valence-electron chi connectivity index (χ1n) is 7.52. The molecule has 1 amide bonds. The van der Waals surface area contributed by atoms with Crippen LogP contribution in [0.4, 0.5) is 8.78 Å². The molecule has 1 aromatic rings. The number of nitrogens with one attached hydrogen (secondary N) is 1. The highest BCUT2D eigenvalue weighted by Crippen LogP contribution is 2.48. The summed E-state index contributed by atoms with van der Waals surface area (Å²) in [5.74, 6) is -0.700. The van der Waals surface area contributed by atoms with Crippen molar-refractivity contribution in [3.05, 3.63) is 35.4 Å². The van der Waals surface area contributed by atoms with E-state index in [1.54, 1.807) is 11.8 Å². The summed E-state index contributed by atoms with van der Waals surface area (Å²) < 4.78 is 26.9. The molecule has 2 N–H and O–H groups in total. The van der Waals surface area contributed by atoms with Gasteiger partial charge in [-0.2, -0.15) is 11.8 Å². The van der Waals surface area contributed by atoms with Crippen molar-refractivity contribution in [1.82, 2.24) is 5.32 Å². The molecule has 120 valence electrons. The van der Waals surface area contributed by atoms with Crippen LogP contribution in [-0.2, 0) is 4.79 Å². The van der Waals surface area contributed by atoms with E-state index in [4.69, 9.17) is 0 Å². The second-order valence-electron chi connectivity index (χ2n) is 6.15. The molecule has 22 heavy (non-hydrogen) atoms. The maximum absolute atomic E-state index is 13.7. The van der Waals surface area contributed by atoms with Crippen molar-refractivity contribution < 1.29 is 18.7 Å². The van der Waals surface area contributed by atoms with Gasteiger partial charge >= 0.3 is 0 Å². The zero-order chi connectivity index (χ0) is 15.7. The van der Waals surface area contributed by atoms with Crippen LogP contribution in [0.1, 0.15) is 30.7 Å². The molecular formula is C16H19F2NO2S. The molecule has 0 radical (unpaired) electrons. The summed E-state index contributed by atoms with van der Waals surface area (Å²) >= 11 is 1.80. The Labute approximate surface area is 132 Å². The van der Waals surface area contributed by atoms with Crippen LogP contribution in [0.5, 0.6) is 0 Å². The fourth-order valence-corrected chi connectivity index (χ4v) is 4.20. The lowest BCUT2D eigenvalue weighted by Gasteiger charge is -2.31. The van der Waals surface area contributed by atoms with Crippen molar-refractivity contribution >= 4 is 17.7 Å². The number of carbonyl (C=O) groups is 1. The summed E-state index contributed by atoms with van der Waals surface area (Å²) in [7, 11) is 0. The Balaban J connectivity index is 1.55. The van der Waals surface area contributed by atoms with Gasteiger partial charge in [0.05, 0.1) is 5.60 Å². The van der Waals surface area contributed by atoms with Crippen LogP contribution in [0.2, 0.25) is 0 Å². The highest BCUT2D eigenvalue weighted by molar-refractivity contribution is 7.99. The van der Waals surface area contributed by atoms with E-state index in [0.717, 1.165) is 17.6 Å². The Morgan fingerprint density at radius 3 is 2.82 bits per heavy atom. The van der Waals surface area contributed by atoms with Crippen molar-refractivity contribution in [2.75, 3.05) is 18.1 Å². The molecule has 1 aliphatic heterocycles. The highest BCUT2D eigenvalue weighted by Gasteiger charge is 2.46. The molecule has 1 saturated carbocycles. The van der Waals surface area contributed by atoms with Crippen LogP contribution in [0.3, 0.4) is 0 Å². The molecule has 0 bridgehead atoms. The summed E-state index contributed by atoms with van der Waals surface area (Å²) in [4.78, 5) is 12.1. The summed E-state index contributed by atoms with van der Waals surface area (Å²) in [6, 6.07) is 4.07. The monoisotopic (exact) mass is 327 g/mol. The summed E-state index contributed by atoms with van der Waals surface area (Å²) in [5.41, 5.74) is -0.553. The quantitative estimate of drug-likeness (QED) is 0.893. The van der Waals surface area contributed by atoms with Crippen molar-refractivity contribution in [2.24, 2.45) is 5.92 Å². The smallest absolute Gasteiger partial charge is 0.223 e. The van der Waals surface area contributed by atoms with E-state index in [1.165, 1.54) is 12.1 Å². The first-order chi connectivity index (χ1) is 10.5. The lowest BCUT2D eigenvalue weighted by atomic mass is 9.97. The topological polar surface area (TPSA) is 49.3 Å². The van der Waals surface area contributed by atoms with E-state index in [0.29, 0.717) is 19.3 Å². The third-order valence-corrected chi connectivity index (χ3v) is 5.51. The first-order valence-corrected chi connectivity index (χ1v) is 8.67. The number of aliphatic hydroxyl groups is 1. The second kappa shape index (κ2) is 6.16. The van der Waals surface area contributed by atoms with Crippen LogP contribution in [0.25, 0.3) is 0 Å². The number of hydrogen-bond acceptors (Lipinski definition) is 3. The lowest BCUT2D eigenvalue weighted by Crippen LogP contribution is -2.45. The number of thioether (sulfide) groups is 1. The second-order valence-corrected chi connectivity index (χ2v) is 7.37. The van der Waals surface area contributed by atoms with Crippen LogP contribution >= 0.6 is 11.8 Å². The molecule has 3 nitrogen and oxygen atoms in total. The molecular weight excluding hydrogens is 308 g/mol. The van der Waals surface area contributed by atoms with E-state index in [9.17, 15) is 18.7 Å². The fourth-order valence-electron chi connectivity index (χ4n) is 2.95. The van der Waals surface area contributed by atoms with E-state index >= 15 is 0 Å². The minimum atomic E-state index is -0.877. The molecule has 1 aliphatic carbocycles. The summed E-state index contributed by atoms with van der Waals surface area (Å²) in [6.07, 6.45) is 1.87. The van der Waals surface area contributed by atoms with Crippen LogP contribution in [0.15, 0.2) is 18.2 Å². The third kappa shape index (κ3) is 3.27. The standard InChI is InChI=1S/C16H19F2NO2S/c17-13-3-1-2-10(14(13)18)11-8-12(11)15(20)19-9-16(21)4-6-22-7-5-16/h1-3,11-12,21H,4-9H2,(H,19,20). The Morgan fingerprint density at radius 2 is 2.09 bits per heavy atom. The molecule has 0 aromatic heterocycles. The van der Waals surface area contributed by atoms with Crippen LogP contribution < -0.4 is 5.32 Å². The van der Waals surface area contributed by atoms with Gasteiger partial charge in [-0.25, -0.2) is 8.78 Å². The van der Waals surface area contributed by atoms with Gasteiger partial charge in [0.25, 0.3) is 0 Å². The Kier molecular flexibility index (Phi) is 4.41. The average Bonchev–Trinajstić information content (AvgIpc) is 3.29. The minimum Gasteiger partial charge on any atom is -0.388 e. The number of hydrogen-bond donors (Lipinski definition) is 2. The largest absolute Gasteiger partial charge is 0.388 e. The maximum Gasteiger partial charge on any atom is 0.223 e. The summed E-state index contributed by atoms with van der Waals surface area (Å²) in [6.45, 7) is 0.237. The first kappa shape index (κ1) is 15.7. The zero-order valence-corrected chi connectivity index (χ0v) is 13.0. The molecule has 0 spiro atoms. The van der Waals surface area contributed by atoms with Gasteiger partial charge in [-0.05, 0) is 48.3 Å². The van der Waals surface area contributed by atoms with E-state index in [-0.39, 0.29) is 29.9 Å². The molecule has 2 aliphatic rings. The van der Waals surface area contributed by atoms with Gasteiger partial charge in [0.1, 0.15) is 0 Å². The fraction of sp³-hybridized carbons (Fsp3) is 0.562. The van der Waals surface area contributed by atoms with Gasteiger partial charge in [-0.3, -0.25) is 4.79 Å². The van der Waals surface area contributed by atoms with Crippen LogP contribution in [0, 0.1) is 17.6 Å². The summed E-state index contributed by atoms with van der Waals surface area (Å²) in [5, 5.41) is 13.1. The van der Waals surface area contributed by atoms with Gasteiger partial charge in [0.15, 0.2) is 11.6 Å². The molecule has 2 unspecified atom stereocenters. The number of carbonyl (C=O) groups excluding carboxylic acids is 1. The van der Waals surface area contributed by atoms with Gasteiger partial charge in [0.2, 0.25) is 5.91 Å². The molecule has 2 fully saturated rings. The van der Waals surface area contributed by atoms with Crippen molar-refractivity contribution in [3.63, 3.8) is 0 Å². The molecule has 6 heteroatoms. The zero-order valence-electron chi connectivity index (χ0n) is 12.1. The molecule has 3 rings (SSSR count). The maximum atomic E-state index is 13.7. The van der Waals surface area contributed by atoms with Crippen molar-refractivity contribution in [2.45, 2.75) is 30.8 Å². The van der Waals surface area contributed by atoms with Crippen molar-refractivity contribution in [1.29, 1.82) is 0 Å². The number of amides is 1. The van der Waals surface area contributed by atoms with Gasteiger partial charge in [-0.1, -0.05) is 12.1 Å². The Hall–Kier alpha value is -1.14. The lowest BCUT2D eigenvalue weighted by molar-refractivity contribution is -0.123. The normalized spacial score (nSPS) is 26.5. The highest BCUT2D eigenvalue weighted by atomic mass is 32.2. The predicted molar refractivity (Wildman–Crippen MR) is 81.7 cm³/mol. The molecule has 1 aromatic carbocycles.